The van der Waals surface area contributed by atoms with E-state index < -0.39 is 17.2 Å². The Morgan fingerprint density at radius 3 is 2.83 bits per heavy atom. The highest BCUT2D eigenvalue weighted by atomic mass is 35.5. The molecule has 0 atom stereocenters. The number of hydrogen-bond donors (Lipinski definition) is 2. The van der Waals surface area contributed by atoms with Crippen molar-refractivity contribution in [2.24, 2.45) is 5.10 Å². The summed E-state index contributed by atoms with van der Waals surface area (Å²) in [6, 6.07) is 11.0. The minimum Gasteiger partial charge on any atom is -0.358 e. The molecule has 2 N–H and O–H groups in total. The maximum absolute atomic E-state index is 13.6. The minimum atomic E-state index is -0.694. The molecule has 5 nitrogen and oxygen atoms in total. The second kappa shape index (κ2) is 6.64. The minimum absolute atomic E-state index is 0.0569. The third-order valence-corrected chi connectivity index (χ3v) is 3.57. The molecule has 0 spiro atoms. The lowest BCUT2D eigenvalue weighted by atomic mass is 10.1. The molecule has 0 unspecified atom stereocenters. The van der Waals surface area contributed by atoms with Crippen molar-refractivity contribution in [2.45, 2.75) is 0 Å². The maximum Gasteiger partial charge on any atom is 0.276 e. The highest BCUT2D eigenvalue weighted by molar-refractivity contribution is 6.30. The first-order valence-corrected chi connectivity index (χ1v) is 7.33. The van der Waals surface area contributed by atoms with E-state index in [1.807, 2.05) is 0 Å². The standard InChI is InChI=1S/C17H11ClFN3O2/c18-11-4-1-3-10(7-11)8-21-22-17(24)13-9-20-15-12(16(13)23)5-2-6-14(15)19/h1-9H,(H,20,23)(H,22,24)/b21-8+. The normalized spacial score (nSPS) is 11.1. The van der Waals surface area contributed by atoms with Crippen LogP contribution >= 0.6 is 11.6 Å². The van der Waals surface area contributed by atoms with Gasteiger partial charge in [0.25, 0.3) is 5.91 Å². The van der Waals surface area contributed by atoms with E-state index in [0.29, 0.717) is 10.6 Å². The van der Waals surface area contributed by atoms with E-state index in [9.17, 15) is 14.0 Å². The summed E-state index contributed by atoms with van der Waals surface area (Å²) in [7, 11) is 0. The molecule has 0 aliphatic carbocycles. The van der Waals surface area contributed by atoms with Crippen molar-refractivity contribution in [2.75, 3.05) is 0 Å². The van der Waals surface area contributed by atoms with Crippen molar-refractivity contribution in [3.63, 3.8) is 0 Å². The second-order valence-corrected chi connectivity index (χ2v) is 5.38. The van der Waals surface area contributed by atoms with Gasteiger partial charge in [-0.25, -0.2) is 9.82 Å². The predicted octanol–water partition coefficient (Wildman–Crippen LogP) is 3.08. The van der Waals surface area contributed by atoms with Crippen LogP contribution in [0.15, 0.2) is 58.6 Å². The molecule has 1 aromatic heterocycles. The van der Waals surface area contributed by atoms with E-state index in [1.165, 1.54) is 24.4 Å². The summed E-state index contributed by atoms with van der Waals surface area (Å²) in [5.41, 5.74) is 2.28. The van der Waals surface area contributed by atoms with Gasteiger partial charge in [0.1, 0.15) is 11.4 Å². The number of fused-ring (bicyclic) bond motifs is 1. The number of H-pyrrole nitrogens is 1. The fourth-order valence-electron chi connectivity index (χ4n) is 2.20. The van der Waals surface area contributed by atoms with Crippen LogP contribution in [0.3, 0.4) is 0 Å². The SMILES string of the molecule is O=C(N/N=C/c1cccc(Cl)c1)c1c[nH]c2c(F)cccc2c1=O. The topological polar surface area (TPSA) is 74.3 Å². The molecule has 1 heterocycles. The van der Waals surface area contributed by atoms with Gasteiger partial charge in [-0.1, -0.05) is 29.8 Å². The Kier molecular flexibility index (Phi) is 4.39. The summed E-state index contributed by atoms with van der Waals surface area (Å²) >= 11 is 5.85. The first-order valence-electron chi connectivity index (χ1n) is 6.95. The molecule has 120 valence electrons. The summed E-state index contributed by atoms with van der Waals surface area (Å²) in [5, 5.41) is 4.43. The van der Waals surface area contributed by atoms with Crippen LogP contribution in [0, 0.1) is 5.82 Å². The molecule has 0 aliphatic rings. The zero-order chi connectivity index (χ0) is 17.1. The van der Waals surface area contributed by atoms with Gasteiger partial charge in [-0.05, 0) is 29.8 Å². The van der Waals surface area contributed by atoms with Gasteiger partial charge >= 0.3 is 0 Å². The average molecular weight is 344 g/mol. The van der Waals surface area contributed by atoms with Gasteiger partial charge in [-0.2, -0.15) is 5.10 Å². The van der Waals surface area contributed by atoms with E-state index in [2.05, 4.69) is 15.5 Å². The lowest BCUT2D eigenvalue weighted by Crippen LogP contribution is -2.25. The van der Waals surface area contributed by atoms with Gasteiger partial charge in [0, 0.05) is 16.6 Å². The monoisotopic (exact) mass is 343 g/mol. The van der Waals surface area contributed by atoms with Crippen LogP contribution < -0.4 is 10.9 Å². The van der Waals surface area contributed by atoms with Crippen LogP contribution in [0.2, 0.25) is 5.02 Å². The van der Waals surface area contributed by atoms with Crippen molar-refractivity contribution < 1.29 is 9.18 Å². The Balaban J connectivity index is 1.84. The van der Waals surface area contributed by atoms with Crippen LogP contribution in [0.25, 0.3) is 10.9 Å². The van der Waals surface area contributed by atoms with E-state index in [1.54, 1.807) is 24.3 Å². The van der Waals surface area contributed by atoms with Gasteiger partial charge in [0.15, 0.2) is 0 Å². The van der Waals surface area contributed by atoms with Crippen molar-refractivity contribution in [3.05, 3.63) is 80.9 Å². The highest BCUT2D eigenvalue weighted by Gasteiger charge is 2.13. The number of hydrogen-bond acceptors (Lipinski definition) is 3. The smallest absolute Gasteiger partial charge is 0.276 e. The van der Waals surface area contributed by atoms with Crippen LogP contribution in [-0.4, -0.2) is 17.1 Å². The predicted molar refractivity (Wildman–Crippen MR) is 91.0 cm³/mol. The summed E-state index contributed by atoms with van der Waals surface area (Å²) in [6.45, 7) is 0. The summed E-state index contributed by atoms with van der Waals surface area (Å²) in [6.07, 6.45) is 2.57. The molecule has 1 amide bonds. The molecule has 7 heteroatoms. The number of hydrazone groups is 1. The Labute approximate surface area is 140 Å². The maximum atomic E-state index is 13.6. The number of benzene rings is 2. The van der Waals surface area contributed by atoms with Gasteiger partial charge in [-0.3, -0.25) is 9.59 Å². The quantitative estimate of drug-likeness (QED) is 0.566. The number of pyridine rings is 1. The molecule has 24 heavy (non-hydrogen) atoms. The lowest BCUT2D eigenvalue weighted by molar-refractivity contribution is 0.0954. The first kappa shape index (κ1) is 15.9. The molecule has 0 aliphatic heterocycles. The molecule has 3 rings (SSSR count). The molecular formula is C17H11ClFN3O2. The van der Waals surface area contributed by atoms with Crippen molar-refractivity contribution in [1.29, 1.82) is 0 Å². The number of amides is 1. The van der Waals surface area contributed by atoms with E-state index in [0.717, 1.165) is 6.20 Å². The Morgan fingerprint density at radius 2 is 2.04 bits per heavy atom. The Morgan fingerprint density at radius 1 is 1.25 bits per heavy atom. The zero-order valence-corrected chi connectivity index (χ0v) is 13.0. The van der Waals surface area contributed by atoms with Gasteiger partial charge in [0.05, 0.1) is 11.7 Å². The molecular weight excluding hydrogens is 333 g/mol. The van der Waals surface area contributed by atoms with Crippen LogP contribution in [0.5, 0.6) is 0 Å². The van der Waals surface area contributed by atoms with Crippen molar-refractivity contribution in [3.8, 4) is 0 Å². The van der Waals surface area contributed by atoms with E-state index in [4.69, 9.17) is 11.6 Å². The lowest BCUT2D eigenvalue weighted by Gasteiger charge is -2.03. The van der Waals surface area contributed by atoms with Crippen molar-refractivity contribution in [1.82, 2.24) is 10.4 Å². The fourth-order valence-corrected chi connectivity index (χ4v) is 2.39. The third-order valence-electron chi connectivity index (χ3n) is 3.34. The number of halogens is 2. The number of carbonyl (C=O) groups excluding carboxylic acids is 1. The van der Waals surface area contributed by atoms with Gasteiger partial charge in [-0.15, -0.1) is 0 Å². The number of aromatic nitrogens is 1. The Bertz CT molecular complexity index is 1010. The molecule has 2 aromatic carbocycles. The van der Waals surface area contributed by atoms with E-state index >= 15 is 0 Å². The van der Waals surface area contributed by atoms with Gasteiger partial charge in [0.2, 0.25) is 5.43 Å². The zero-order valence-electron chi connectivity index (χ0n) is 12.2. The van der Waals surface area contributed by atoms with Crippen molar-refractivity contribution >= 4 is 34.6 Å². The number of nitrogens with zero attached hydrogens (tertiary/aromatic N) is 1. The van der Waals surface area contributed by atoms with Crippen LogP contribution in [-0.2, 0) is 0 Å². The number of nitrogens with one attached hydrogen (secondary N) is 2. The molecule has 0 saturated carbocycles. The number of para-hydroxylation sites is 1. The molecule has 3 aromatic rings. The van der Waals surface area contributed by atoms with E-state index in [-0.39, 0.29) is 16.5 Å². The first-order chi connectivity index (χ1) is 11.6. The summed E-state index contributed by atoms with van der Waals surface area (Å²) in [5.74, 6) is -1.25. The summed E-state index contributed by atoms with van der Waals surface area (Å²) < 4.78 is 13.6. The second-order valence-electron chi connectivity index (χ2n) is 4.95. The molecule has 0 saturated heterocycles. The van der Waals surface area contributed by atoms with Gasteiger partial charge < -0.3 is 4.98 Å². The van der Waals surface area contributed by atoms with Crippen LogP contribution in [0.4, 0.5) is 4.39 Å². The number of carbonyl (C=O) groups is 1. The third kappa shape index (κ3) is 3.18. The molecule has 0 fully saturated rings. The molecule has 0 radical (unpaired) electrons. The van der Waals surface area contributed by atoms with Crippen LogP contribution in [0.1, 0.15) is 15.9 Å². The fraction of sp³-hybridized carbons (Fsp3) is 0. The average Bonchev–Trinajstić information content (AvgIpc) is 2.56. The number of rotatable bonds is 3. The Hall–Kier alpha value is -2.99. The molecule has 0 bridgehead atoms. The highest BCUT2D eigenvalue weighted by Crippen LogP contribution is 2.12. The summed E-state index contributed by atoms with van der Waals surface area (Å²) in [4.78, 5) is 27.0. The number of aromatic amines is 1. The largest absolute Gasteiger partial charge is 0.358 e.